The van der Waals surface area contributed by atoms with Crippen molar-refractivity contribution in [1.29, 1.82) is 0 Å². The van der Waals surface area contributed by atoms with Crippen molar-refractivity contribution in [3.8, 4) is 28.4 Å². The molecule has 0 radical (unpaired) electrons. The summed E-state index contributed by atoms with van der Waals surface area (Å²) in [5, 5.41) is 3.23. The number of aromatic nitrogens is 1. The Balaban J connectivity index is 1.38. The van der Waals surface area contributed by atoms with Crippen LogP contribution in [0.15, 0.2) is 59.0 Å². The van der Waals surface area contributed by atoms with Gasteiger partial charge in [0, 0.05) is 56.1 Å². The van der Waals surface area contributed by atoms with E-state index in [-0.39, 0.29) is 0 Å². The predicted octanol–water partition coefficient (Wildman–Crippen LogP) is 5.01. The van der Waals surface area contributed by atoms with Gasteiger partial charge in [-0.25, -0.2) is 0 Å². The Morgan fingerprint density at radius 1 is 0.889 bits per heavy atom. The van der Waals surface area contributed by atoms with Crippen LogP contribution in [0.3, 0.4) is 0 Å². The minimum atomic E-state index is 0.387. The lowest BCUT2D eigenvalue weighted by molar-refractivity contribution is 0.148. The summed E-state index contributed by atoms with van der Waals surface area (Å²) >= 11 is 0. The van der Waals surface area contributed by atoms with E-state index in [0.29, 0.717) is 29.0 Å². The smallest absolute Gasteiger partial charge is 0.300 e. The van der Waals surface area contributed by atoms with Crippen LogP contribution in [-0.4, -0.2) is 69.3 Å². The molecule has 3 aromatic carbocycles. The van der Waals surface area contributed by atoms with Crippen molar-refractivity contribution in [2.24, 2.45) is 0 Å². The van der Waals surface area contributed by atoms with Crippen molar-refractivity contribution in [3.63, 3.8) is 0 Å². The van der Waals surface area contributed by atoms with Crippen molar-refractivity contribution < 1.29 is 18.6 Å². The first kappa shape index (κ1) is 24.0. The van der Waals surface area contributed by atoms with Gasteiger partial charge in [0.15, 0.2) is 17.1 Å². The molecule has 1 N–H and O–H groups in total. The first-order chi connectivity index (χ1) is 17.6. The van der Waals surface area contributed by atoms with Crippen LogP contribution < -0.4 is 19.5 Å². The van der Waals surface area contributed by atoms with Gasteiger partial charge in [-0.1, -0.05) is 36.4 Å². The maximum Gasteiger partial charge on any atom is 0.300 e. The first-order valence-corrected chi connectivity index (χ1v) is 12.0. The summed E-state index contributed by atoms with van der Waals surface area (Å²) in [4.78, 5) is 9.53. The van der Waals surface area contributed by atoms with Gasteiger partial charge in [-0.15, -0.1) is 0 Å². The number of hydrogen-bond donors (Lipinski definition) is 1. The number of nitrogens with one attached hydrogen (secondary N) is 1. The molecular weight excluding hydrogens is 456 g/mol. The normalized spacial score (nSPS) is 14.7. The van der Waals surface area contributed by atoms with E-state index in [1.807, 2.05) is 24.3 Å². The summed E-state index contributed by atoms with van der Waals surface area (Å²) in [5.41, 5.74) is 5.65. The second-order valence-corrected chi connectivity index (χ2v) is 8.99. The third-order valence-electron chi connectivity index (χ3n) is 6.60. The Bertz CT molecular complexity index is 1300. The average molecular weight is 489 g/mol. The maximum atomic E-state index is 6.17. The Kier molecular flexibility index (Phi) is 6.97. The molecule has 1 aliphatic rings. The van der Waals surface area contributed by atoms with E-state index in [4.69, 9.17) is 18.6 Å². The van der Waals surface area contributed by atoms with E-state index in [9.17, 15) is 0 Å². The summed E-state index contributed by atoms with van der Waals surface area (Å²) < 4.78 is 22.5. The lowest BCUT2D eigenvalue weighted by Gasteiger charge is -2.32. The van der Waals surface area contributed by atoms with Gasteiger partial charge in [-0.3, -0.25) is 4.90 Å². The Labute approximate surface area is 211 Å². The van der Waals surface area contributed by atoms with Crippen molar-refractivity contribution in [2.75, 3.05) is 59.9 Å². The molecule has 0 saturated carbocycles. The van der Waals surface area contributed by atoms with Crippen LogP contribution in [-0.2, 0) is 6.54 Å². The molecule has 36 heavy (non-hydrogen) atoms. The minimum Gasteiger partial charge on any atom is -0.493 e. The number of likely N-dealkylation sites (N-methyl/N-ethyl adjacent to an activating group) is 1. The number of para-hydroxylation sites is 1. The fourth-order valence-corrected chi connectivity index (χ4v) is 4.56. The third-order valence-corrected chi connectivity index (χ3v) is 6.60. The number of benzene rings is 3. The highest BCUT2D eigenvalue weighted by Gasteiger charge is 2.17. The number of anilines is 2. The van der Waals surface area contributed by atoms with Gasteiger partial charge < -0.3 is 28.8 Å². The van der Waals surface area contributed by atoms with Gasteiger partial charge >= 0.3 is 0 Å². The summed E-state index contributed by atoms with van der Waals surface area (Å²) in [6.45, 7) is 5.44. The molecular formula is C28H32N4O4. The molecule has 188 valence electrons. The van der Waals surface area contributed by atoms with Gasteiger partial charge in [0.1, 0.15) is 5.52 Å². The second-order valence-electron chi connectivity index (χ2n) is 8.99. The highest BCUT2D eigenvalue weighted by molar-refractivity contribution is 5.91. The summed E-state index contributed by atoms with van der Waals surface area (Å²) in [5.74, 6) is 1.63. The molecule has 0 bridgehead atoms. The molecule has 1 aromatic heterocycles. The number of ether oxygens (including phenoxy) is 3. The number of hydrogen-bond acceptors (Lipinski definition) is 8. The molecule has 0 spiro atoms. The number of methoxy groups -OCH3 is 3. The van der Waals surface area contributed by atoms with Gasteiger partial charge in [-0.05, 0) is 24.2 Å². The van der Waals surface area contributed by atoms with Crippen LogP contribution in [0, 0.1) is 0 Å². The minimum absolute atomic E-state index is 0.387. The molecule has 1 aliphatic heterocycles. The molecule has 0 aliphatic carbocycles. The molecule has 0 amide bonds. The van der Waals surface area contributed by atoms with Gasteiger partial charge in [0.2, 0.25) is 5.75 Å². The third kappa shape index (κ3) is 4.96. The summed E-state index contributed by atoms with van der Waals surface area (Å²) in [6.07, 6.45) is 0. The number of rotatable bonds is 8. The van der Waals surface area contributed by atoms with Crippen LogP contribution in [0.25, 0.3) is 22.2 Å². The van der Waals surface area contributed by atoms with Gasteiger partial charge in [0.25, 0.3) is 6.01 Å². The Hall–Kier alpha value is -3.75. The Morgan fingerprint density at radius 3 is 2.22 bits per heavy atom. The SMILES string of the molecule is COc1cc(Nc2nc3cccc(-c4ccc(CN5CCN(C)CC5)cc4)c3o2)cc(OC)c1OC. The zero-order valence-corrected chi connectivity index (χ0v) is 21.2. The summed E-state index contributed by atoms with van der Waals surface area (Å²) in [7, 11) is 6.93. The zero-order valence-electron chi connectivity index (χ0n) is 21.2. The highest BCUT2D eigenvalue weighted by atomic mass is 16.5. The van der Waals surface area contributed by atoms with E-state index < -0.39 is 0 Å². The van der Waals surface area contributed by atoms with E-state index in [1.165, 1.54) is 5.56 Å². The maximum absolute atomic E-state index is 6.17. The highest BCUT2D eigenvalue weighted by Crippen LogP contribution is 2.41. The largest absolute Gasteiger partial charge is 0.493 e. The number of fused-ring (bicyclic) bond motifs is 1. The van der Waals surface area contributed by atoms with E-state index in [2.05, 4.69) is 57.5 Å². The molecule has 4 aromatic rings. The molecule has 8 nitrogen and oxygen atoms in total. The molecule has 0 atom stereocenters. The van der Waals surface area contributed by atoms with Crippen LogP contribution in [0.1, 0.15) is 5.56 Å². The number of piperazine rings is 1. The predicted molar refractivity (Wildman–Crippen MR) is 142 cm³/mol. The quantitative estimate of drug-likeness (QED) is 0.371. The van der Waals surface area contributed by atoms with Crippen molar-refractivity contribution in [2.45, 2.75) is 6.54 Å². The van der Waals surface area contributed by atoms with Crippen LogP contribution >= 0.6 is 0 Å². The number of oxazole rings is 1. The van der Waals surface area contributed by atoms with Crippen LogP contribution in [0.5, 0.6) is 17.2 Å². The fraction of sp³-hybridized carbons (Fsp3) is 0.321. The van der Waals surface area contributed by atoms with Gasteiger partial charge in [0.05, 0.1) is 21.3 Å². The fourth-order valence-electron chi connectivity index (χ4n) is 4.56. The van der Waals surface area contributed by atoms with Crippen molar-refractivity contribution in [3.05, 3.63) is 60.2 Å². The number of nitrogens with zero attached hydrogens (tertiary/aromatic N) is 3. The van der Waals surface area contributed by atoms with Crippen molar-refractivity contribution >= 4 is 22.8 Å². The van der Waals surface area contributed by atoms with E-state index >= 15 is 0 Å². The van der Waals surface area contributed by atoms with E-state index in [0.717, 1.165) is 55.0 Å². The van der Waals surface area contributed by atoms with Crippen molar-refractivity contribution in [1.82, 2.24) is 14.8 Å². The zero-order chi connectivity index (χ0) is 25.1. The Morgan fingerprint density at radius 2 is 1.58 bits per heavy atom. The lowest BCUT2D eigenvalue weighted by atomic mass is 10.0. The standard InChI is InChI=1S/C28H32N4O4/c1-31-12-14-32(15-13-31)18-19-8-10-20(11-9-19)22-6-5-7-23-26(22)36-28(30-23)29-21-16-24(33-2)27(35-4)25(17-21)34-3/h5-11,16-17H,12-15,18H2,1-4H3,(H,29,30). The molecule has 5 rings (SSSR count). The summed E-state index contributed by atoms with van der Waals surface area (Å²) in [6, 6.07) is 18.8. The lowest BCUT2D eigenvalue weighted by Crippen LogP contribution is -2.43. The van der Waals surface area contributed by atoms with Crippen LogP contribution in [0.2, 0.25) is 0 Å². The first-order valence-electron chi connectivity index (χ1n) is 12.0. The monoisotopic (exact) mass is 488 g/mol. The van der Waals surface area contributed by atoms with Gasteiger partial charge in [-0.2, -0.15) is 4.98 Å². The van der Waals surface area contributed by atoms with Crippen LogP contribution in [0.4, 0.5) is 11.7 Å². The molecule has 1 fully saturated rings. The average Bonchev–Trinajstić information content (AvgIpc) is 3.32. The molecule has 1 saturated heterocycles. The second kappa shape index (κ2) is 10.5. The van der Waals surface area contributed by atoms with E-state index in [1.54, 1.807) is 21.3 Å². The topological polar surface area (TPSA) is 72.2 Å². The molecule has 0 unspecified atom stereocenters. The molecule has 2 heterocycles. The molecule has 8 heteroatoms.